The van der Waals surface area contributed by atoms with Crippen LogP contribution in [0.25, 0.3) is 0 Å². The number of nitrogens with one attached hydrogen (secondary N) is 1. The lowest BCUT2D eigenvalue weighted by Gasteiger charge is -2.17. The number of nitrogens with zero attached hydrogens (tertiary/aromatic N) is 1. The maximum absolute atomic E-state index is 11.2. The van der Waals surface area contributed by atoms with Crippen LogP contribution in [0.1, 0.15) is 23.2 Å². The Morgan fingerprint density at radius 2 is 2.35 bits per heavy atom. The van der Waals surface area contributed by atoms with Gasteiger partial charge in [0.15, 0.2) is 5.02 Å². The Labute approximate surface area is 138 Å². The summed E-state index contributed by atoms with van der Waals surface area (Å²) in [6.07, 6.45) is 2.11. The number of carbonyl (C=O) groups is 1. The first-order chi connectivity index (χ1) is 11.0. The molecule has 1 atom stereocenters. The van der Waals surface area contributed by atoms with Crippen LogP contribution in [0.4, 0.5) is 5.69 Å². The van der Waals surface area contributed by atoms with Gasteiger partial charge in [0.2, 0.25) is 5.91 Å². The molecule has 3 N–H and O–H groups in total. The summed E-state index contributed by atoms with van der Waals surface area (Å²) in [4.78, 5) is 21.5. The highest BCUT2D eigenvalue weighted by Crippen LogP contribution is 2.35. The summed E-state index contributed by atoms with van der Waals surface area (Å²) >= 11 is 5.93. The Bertz CT molecular complexity index is 675. The molecule has 8 heteroatoms. The minimum atomic E-state index is -0.797. The van der Waals surface area contributed by atoms with Crippen LogP contribution in [0.15, 0.2) is 12.1 Å². The van der Waals surface area contributed by atoms with Gasteiger partial charge in [0.25, 0.3) is 5.69 Å². The monoisotopic (exact) mass is 337 g/mol. The molecule has 1 fully saturated rings. The molecule has 1 aromatic carbocycles. The summed E-state index contributed by atoms with van der Waals surface area (Å²) in [5, 5.41) is 14.0. The lowest BCUT2D eigenvalue weighted by molar-refractivity contribution is -0.384. The molecule has 0 saturated carbocycles. The van der Waals surface area contributed by atoms with Gasteiger partial charge in [0.05, 0.1) is 4.92 Å². The summed E-state index contributed by atoms with van der Waals surface area (Å²) in [7, 11) is 0. The first kappa shape index (κ1) is 17.1. The second-order valence-electron chi connectivity index (χ2n) is 5.08. The number of hydrogen-bond acceptors (Lipinski definition) is 5. The number of primary amides is 1. The first-order valence-corrected chi connectivity index (χ1v) is 7.46. The van der Waals surface area contributed by atoms with Crippen LogP contribution in [0.2, 0.25) is 5.02 Å². The fourth-order valence-electron chi connectivity index (χ4n) is 2.24. The van der Waals surface area contributed by atoms with E-state index < -0.39 is 16.5 Å². The van der Waals surface area contributed by atoms with Gasteiger partial charge >= 0.3 is 0 Å². The quantitative estimate of drug-likeness (QED) is 0.494. The van der Waals surface area contributed by atoms with Crippen LogP contribution in [0.5, 0.6) is 5.75 Å². The van der Waals surface area contributed by atoms with Gasteiger partial charge in [-0.2, -0.15) is 0 Å². The molecule has 1 unspecified atom stereocenters. The van der Waals surface area contributed by atoms with E-state index in [9.17, 15) is 14.9 Å². The van der Waals surface area contributed by atoms with Crippen molar-refractivity contribution in [2.75, 3.05) is 19.7 Å². The van der Waals surface area contributed by atoms with Crippen LogP contribution in [-0.2, 0) is 0 Å². The number of nitro groups is 1. The molecule has 1 amide bonds. The van der Waals surface area contributed by atoms with Gasteiger partial charge in [-0.05, 0) is 25.5 Å². The van der Waals surface area contributed by atoms with E-state index in [1.54, 1.807) is 0 Å². The number of carbonyl (C=O) groups excluding carboxylic acids is 1. The van der Waals surface area contributed by atoms with Crippen molar-refractivity contribution in [1.82, 2.24) is 5.32 Å². The van der Waals surface area contributed by atoms with Crippen LogP contribution >= 0.6 is 11.6 Å². The molecule has 0 aromatic heterocycles. The highest BCUT2D eigenvalue weighted by molar-refractivity contribution is 6.34. The molecule has 0 bridgehead atoms. The minimum Gasteiger partial charge on any atom is -0.479 e. The van der Waals surface area contributed by atoms with Crippen molar-refractivity contribution in [3.8, 4) is 17.6 Å². The molecule has 1 aliphatic heterocycles. The fourth-order valence-corrected chi connectivity index (χ4v) is 2.47. The molecule has 1 heterocycles. The molecule has 122 valence electrons. The topological polar surface area (TPSA) is 107 Å². The Balaban J connectivity index is 2.11. The fraction of sp³-hybridized carbons (Fsp3) is 0.400. The zero-order valence-electron chi connectivity index (χ0n) is 12.3. The predicted octanol–water partition coefficient (Wildman–Crippen LogP) is 1.73. The van der Waals surface area contributed by atoms with Gasteiger partial charge in [-0.3, -0.25) is 14.9 Å². The number of rotatable bonds is 4. The number of piperidine rings is 1. The van der Waals surface area contributed by atoms with Crippen molar-refractivity contribution in [1.29, 1.82) is 0 Å². The zero-order valence-corrected chi connectivity index (χ0v) is 13.1. The maximum atomic E-state index is 11.2. The number of benzene rings is 1. The molecular weight excluding hydrogens is 322 g/mol. The molecule has 23 heavy (non-hydrogen) atoms. The van der Waals surface area contributed by atoms with Crippen molar-refractivity contribution in [3.63, 3.8) is 0 Å². The molecule has 1 aromatic rings. The smallest absolute Gasteiger partial charge is 0.292 e. The van der Waals surface area contributed by atoms with Gasteiger partial charge in [-0.1, -0.05) is 23.4 Å². The Morgan fingerprint density at radius 1 is 1.57 bits per heavy atom. The van der Waals surface area contributed by atoms with Gasteiger partial charge in [-0.25, -0.2) is 0 Å². The summed E-state index contributed by atoms with van der Waals surface area (Å²) in [5.41, 5.74) is 4.69. The third-order valence-corrected chi connectivity index (χ3v) is 3.78. The Hall–Kier alpha value is -2.30. The summed E-state index contributed by atoms with van der Waals surface area (Å²) < 4.78 is 5.37. The van der Waals surface area contributed by atoms with Crippen molar-refractivity contribution in [3.05, 3.63) is 32.8 Å². The van der Waals surface area contributed by atoms with Crippen molar-refractivity contribution in [2.24, 2.45) is 11.7 Å². The van der Waals surface area contributed by atoms with E-state index >= 15 is 0 Å². The standard InChI is InChI=1S/C15H16ClN3O4/c16-14-12(19(21)22)7-11(15(17)20)8-13(14)23-6-2-4-10-3-1-5-18-9-10/h7-8,10,18H,1,3,5-6,9H2,(H2,17,20). The summed E-state index contributed by atoms with van der Waals surface area (Å²) in [6, 6.07) is 2.30. The largest absolute Gasteiger partial charge is 0.479 e. The van der Waals surface area contributed by atoms with E-state index in [0.29, 0.717) is 0 Å². The van der Waals surface area contributed by atoms with Gasteiger partial charge in [0.1, 0.15) is 12.4 Å². The van der Waals surface area contributed by atoms with Crippen LogP contribution in [-0.4, -0.2) is 30.5 Å². The van der Waals surface area contributed by atoms with Crippen molar-refractivity contribution < 1.29 is 14.5 Å². The number of hydrogen-bond donors (Lipinski definition) is 2. The van der Waals surface area contributed by atoms with E-state index in [0.717, 1.165) is 32.0 Å². The highest BCUT2D eigenvalue weighted by atomic mass is 35.5. The minimum absolute atomic E-state index is 0.0192. The number of amides is 1. The lowest BCUT2D eigenvalue weighted by Crippen LogP contribution is -2.28. The molecule has 7 nitrogen and oxygen atoms in total. The molecule has 0 spiro atoms. The molecular formula is C15H16ClN3O4. The number of nitrogens with two attached hydrogens (primary N) is 1. The van der Waals surface area contributed by atoms with Gasteiger partial charge < -0.3 is 15.8 Å². The SMILES string of the molecule is NC(=O)c1cc(OCC#CC2CCCNC2)c(Cl)c([N+](=O)[O-])c1. The van der Waals surface area contributed by atoms with Crippen LogP contribution in [0.3, 0.4) is 0 Å². The van der Waals surface area contributed by atoms with Gasteiger partial charge in [-0.15, -0.1) is 0 Å². The van der Waals surface area contributed by atoms with Crippen LogP contribution in [0, 0.1) is 27.9 Å². The normalized spacial score (nSPS) is 17.0. The van der Waals surface area contributed by atoms with E-state index in [1.165, 1.54) is 6.07 Å². The predicted molar refractivity (Wildman–Crippen MR) is 85.5 cm³/mol. The zero-order chi connectivity index (χ0) is 16.8. The number of ether oxygens (including phenoxy) is 1. The summed E-state index contributed by atoms with van der Waals surface area (Å²) in [6.45, 7) is 1.87. The van der Waals surface area contributed by atoms with E-state index in [-0.39, 0.29) is 28.9 Å². The van der Waals surface area contributed by atoms with Gasteiger partial charge in [0, 0.05) is 24.1 Å². The average molecular weight is 338 g/mol. The molecule has 1 aliphatic rings. The summed E-state index contributed by atoms with van der Waals surface area (Å²) in [5.74, 6) is 5.45. The molecule has 0 aliphatic carbocycles. The number of nitro benzene ring substituents is 1. The van der Waals surface area contributed by atoms with Crippen molar-refractivity contribution in [2.45, 2.75) is 12.8 Å². The van der Waals surface area contributed by atoms with E-state index in [2.05, 4.69) is 17.2 Å². The van der Waals surface area contributed by atoms with Crippen molar-refractivity contribution >= 4 is 23.2 Å². The molecule has 2 rings (SSSR count). The first-order valence-electron chi connectivity index (χ1n) is 7.08. The second kappa shape index (κ2) is 7.81. The Morgan fingerprint density at radius 3 is 2.96 bits per heavy atom. The second-order valence-corrected chi connectivity index (χ2v) is 5.46. The van der Waals surface area contributed by atoms with E-state index in [4.69, 9.17) is 22.1 Å². The maximum Gasteiger partial charge on any atom is 0.292 e. The van der Waals surface area contributed by atoms with E-state index in [1.807, 2.05) is 0 Å². The highest BCUT2D eigenvalue weighted by Gasteiger charge is 2.21. The average Bonchev–Trinajstić information content (AvgIpc) is 2.53. The molecule has 1 saturated heterocycles. The third-order valence-electron chi connectivity index (χ3n) is 3.40. The lowest BCUT2D eigenvalue weighted by atomic mass is 10.0. The number of halogens is 1. The Kier molecular flexibility index (Phi) is 5.79. The third kappa shape index (κ3) is 4.58. The molecule has 0 radical (unpaired) electrons. The van der Waals surface area contributed by atoms with Crippen LogP contribution < -0.4 is 15.8 Å².